The maximum atomic E-state index is 11.1. The van der Waals surface area contributed by atoms with Crippen LogP contribution in [-0.2, 0) is 0 Å². The van der Waals surface area contributed by atoms with Crippen LogP contribution in [0.25, 0.3) is 10.1 Å². The first-order valence-corrected chi connectivity index (χ1v) is 4.93. The molecule has 1 radical (unpaired) electrons. The molecule has 1 nitrogen and oxygen atoms in total. The van der Waals surface area contributed by atoms with Crippen LogP contribution in [0.1, 0.15) is 9.67 Å². The molecule has 13 heavy (non-hydrogen) atoms. The number of halogens is 1. The molecule has 65 valence electrons. The average molecular weight is 210 g/mol. The zero-order valence-corrected chi connectivity index (χ0v) is 8.28. The third-order valence-electron chi connectivity index (χ3n) is 1.79. The highest BCUT2D eigenvalue weighted by Crippen LogP contribution is 2.34. The van der Waals surface area contributed by atoms with E-state index in [1.165, 1.54) is 11.3 Å². The fraction of sp³-hybridized carbons (Fsp3) is 0. The van der Waals surface area contributed by atoms with Crippen molar-refractivity contribution in [3.05, 3.63) is 41.1 Å². The smallest absolute Gasteiger partial charge is 0.174 e. The zero-order valence-electron chi connectivity index (χ0n) is 6.71. The molecule has 0 spiro atoms. The highest BCUT2D eigenvalue weighted by Gasteiger charge is 2.12. The van der Waals surface area contributed by atoms with Crippen LogP contribution in [0.4, 0.5) is 0 Å². The molecule has 1 aromatic carbocycles. The Morgan fingerprint density at radius 2 is 2.08 bits per heavy atom. The Kier molecular flexibility index (Phi) is 2.10. The van der Waals surface area contributed by atoms with Crippen molar-refractivity contribution in [2.24, 2.45) is 0 Å². The molecule has 0 unspecified atom stereocenters. The van der Waals surface area contributed by atoms with Crippen molar-refractivity contribution in [2.45, 2.75) is 0 Å². The third kappa shape index (κ3) is 1.36. The van der Waals surface area contributed by atoms with Gasteiger partial charge in [0.05, 0.1) is 9.90 Å². The van der Waals surface area contributed by atoms with Gasteiger partial charge < -0.3 is 0 Å². The molecule has 1 aromatic heterocycles. The van der Waals surface area contributed by atoms with E-state index in [9.17, 15) is 4.79 Å². The first kappa shape index (κ1) is 8.73. The van der Waals surface area contributed by atoms with E-state index >= 15 is 0 Å². The molecule has 0 amide bonds. The van der Waals surface area contributed by atoms with Gasteiger partial charge in [0.2, 0.25) is 0 Å². The maximum absolute atomic E-state index is 11.1. The van der Waals surface area contributed by atoms with Crippen LogP contribution in [-0.4, -0.2) is 5.78 Å². The predicted octanol–water partition coefficient (Wildman–Crippen LogP) is 3.57. The van der Waals surface area contributed by atoms with Crippen molar-refractivity contribution >= 4 is 38.8 Å². The van der Waals surface area contributed by atoms with Crippen molar-refractivity contribution in [3.8, 4) is 0 Å². The van der Waals surface area contributed by atoms with E-state index in [2.05, 4.69) is 6.92 Å². The Labute approximate surface area is 84.9 Å². The van der Waals surface area contributed by atoms with Crippen molar-refractivity contribution in [1.82, 2.24) is 0 Å². The van der Waals surface area contributed by atoms with Gasteiger partial charge in [-0.15, -0.1) is 11.3 Å². The molecule has 0 bridgehead atoms. The number of ketones is 1. The predicted molar refractivity (Wildman–Crippen MR) is 56.5 cm³/mol. The van der Waals surface area contributed by atoms with Gasteiger partial charge in [-0.25, -0.2) is 0 Å². The molecule has 0 fully saturated rings. The molecule has 3 heteroatoms. The normalized spacial score (nSPS) is 10.6. The van der Waals surface area contributed by atoms with E-state index in [4.69, 9.17) is 11.6 Å². The highest BCUT2D eigenvalue weighted by molar-refractivity contribution is 7.21. The fourth-order valence-electron chi connectivity index (χ4n) is 1.19. The van der Waals surface area contributed by atoms with E-state index in [1.54, 1.807) is 0 Å². The van der Waals surface area contributed by atoms with Crippen LogP contribution in [0.2, 0.25) is 5.02 Å². The van der Waals surface area contributed by atoms with Crippen LogP contribution in [0.15, 0.2) is 24.3 Å². The van der Waals surface area contributed by atoms with Crippen molar-refractivity contribution in [3.63, 3.8) is 0 Å². The summed E-state index contributed by atoms with van der Waals surface area (Å²) in [5.41, 5.74) is 0. The largest absolute Gasteiger partial charge is 0.293 e. The molecular weight excluding hydrogens is 204 g/mol. The quantitative estimate of drug-likeness (QED) is 0.657. The number of carbonyl (C=O) groups is 1. The lowest BCUT2D eigenvalue weighted by molar-refractivity contribution is 0.104. The number of hydrogen-bond acceptors (Lipinski definition) is 2. The molecule has 0 saturated heterocycles. The first-order valence-electron chi connectivity index (χ1n) is 3.73. The van der Waals surface area contributed by atoms with Gasteiger partial charge in [0.25, 0.3) is 0 Å². The molecule has 2 aromatic rings. The summed E-state index contributed by atoms with van der Waals surface area (Å²) in [5.74, 6) is -0.216. The maximum Gasteiger partial charge on any atom is 0.174 e. The number of fused-ring (bicyclic) bond motifs is 1. The Bertz CT molecular complexity index is 473. The van der Waals surface area contributed by atoms with Crippen molar-refractivity contribution < 1.29 is 4.79 Å². The van der Waals surface area contributed by atoms with E-state index in [0.29, 0.717) is 9.90 Å². The number of hydrogen-bond donors (Lipinski definition) is 0. The van der Waals surface area contributed by atoms with Crippen LogP contribution in [0, 0.1) is 6.92 Å². The summed E-state index contributed by atoms with van der Waals surface area (Å²) in [6.45, 7) is 3.35. The monoisotopic (exact) mass is 209 g/mol. The van der Waals surface area contributed by atoms with Gasteiger partial charge in [-0.1, -0.05) is 29.8 Å². The number of rotatable bonds is 1. The van der Waals surface area contributed by atoms with E-state index < -0.39 is 0 Å². The molecule has 0 aliphatic carbocycles. The Hall–Kier alpha value is -0.860. The number of carbonyl (C=O) groups excluding carboxylic acids is 1. The highest BCUT2D eigenvalue weighted by atomic mass is 35.5. The summed E-state index contributed by atoms with van der Waals surface area (Å²) in [7, 11) is 0. The summed E-state index contributed by atoms with van der Waals surface area (Å²) < 4.78 is 1.03. The van der Waals surface area contributed by atoms with Gasteiger partial charge in [0, 0.05) is 17.0 Å². The first-order chi connectivity index (χ1) is 6.20. The molecule has 0 atom stereocenters. The minimum absolute atomic E-state index is 0.216. The van der Waals surface area contributed by atoms with E-state index in [-0.39, 0.29) is 5.78 Å². The fourth-order valence-corrected chi connectivity index (χ4v) is 2.60. The van der Waals surface area contributed by atoms with Gasteiger partial charge >= 0.3 is 0 Å². The standard InChI is InChI=1S/C10H6ClOS/c1-6(12)10-9(11)7-4-2-3-5-8(7)13-10/h2-5H,1H2. The van der Waals surface area contributed by atoms with Crippen molar-refractivity contribution in [2.75, 3.05) is 0 Å². The molecule has 0 saturated carbocycles. The summed E-state index contributed by atoms with van der Waals surface area (Å²) >= 11 is 7.39. The second-order valence-electron chi connectivity index (χ2n) is 2.66. The molecule has 1 heterocycles. The Morgan fingerprint density at radius 1 is 1.38 bits per heavy atom. The minimum atomic E-state index is -0.216. The third-order valence-corrected chi connectivity index (χ3v) is 3.50. The second kappa shape index (κ2) is 3.13. The lowest BCUT2D eigenvalue weighted by Crippen LogP contribution is -1.86. The summed E-state index contributed by atoms with van der Waals surface area (Å²) in [6, 6.07) is 7.67. The van der Waals surface area contributed by atoms with Gasteiger partial charge in [0.15, 0.2) is 5.78 Å². The van der Waals surface area contributed by atoms with Gasteiger partial charge in [-0.05, 0) is 6.07 Å². The SMILES string of the molecule is [CH2]C(=O)c1sc2ccccc2c1Cl. The number of benzene rings is 1. The van der Waals surface area contributed by atoms with Crippen LogP contribution >= 0.6 is 22.9 Å². The van der Waals surface area contributed by atoms with E-state index in [0.717, 1.165) is 10.1 Å². The van der Waals surface area contributed by atoms with E-state index in [1.807, 2.05) is 24.3 Å². The molecule has 0 N–H and O–H groups in total. The van der Waals surface area contributed by atoms with Crippen LogP contribution < -0.4 is 0 Å². The minimum Gasteiger partial charge on any atom is -0.293 e. The lowest BCUT2D eigenvalue weighted by Gasteiger charge is -1.88. The Morgan fingerprint density at radius 3 is 2.69 bits per heavy atom. The zero-order chi connectivity index (χ0) is 9.42. The lowest BCUT2D eigenvalue weighted by atomic mass is 10.2. The summed E-state index contributed by atoms with van der Waals surface area (Å²) in [6.07, 6.45) is 0. The molecule has 0 aliphatic rings. The molecule has 0 aliphatic heterocycles. The molecule has 2 rings (SSSR count). The van der Waals surface area contributed by atoms with Gasteiger partial charge in [-0.2, -0.15) is 0 Å². The number of Topliss-reactive ketones (excluding diaryl/α,β-unsaturated/α-hetero) is 1. The van der Waals surface area contributed by atoms with Crippen LogP contribution in [0.3, 0.4) is 0 Å². The number of thiophene rings is 1. The van der Waals surface area contributed by atoms with Crippen LogP contribution in [0.5, 0.6) is 0 Å². The average Bonchev–Trinajstić information content (AvgIpc) is 2.45. The summed E-state index contributed by atoms with van der Waals surface area (Å²) in [5, 5.41) is 1.46. The van der Waals surface area contributed by atoms with Gasteiger partial charge in [0.1, 0.15) is 0 Å². The van der Waals surface area contributed by atoms with Crippen molar-refractivity contribution in [1.29, 1.82) is 0 Å². The molecular formula is C10H6ClOS. The second-order valence-corrected chi connectivity index (χ2v) is 4.09. The topological polar surface area (TPSA) is 17.1 Å². The summed E-state index contributed by atoms with van der Waals surface area (Å²) in [4.78, 5) is 11.6. The Balaban J connectivity index is 2.81. The van der Waals surface area contributed by atoms with Gasteiger partial charge in [-0.3, -0.25) is 4.79 Å².